The van der Waals surface area contributed by atoms with Crippen LogP contribution in [0.5, 0.6) is 0 Å². The molecule has 3 nitrogen and oxygen atoms in total. The van der Waals surface area contributed by atoms with Crippen molar-refractivity contribution in [3.63, 3.8) is 0 Å². The minimum Gasteiger partial charge on any atom is -0.307 e. The van der Waals surface area contributed by atoms with Crippen molar-refractivity contribution in [2.24, 2.45) is 0 Å². The Morgan fingerprint density at radius 3 is 2.94 bits per heavy atom. The van der Waals surface area contributed by atoms with E-state index in [1.165, 1.54) is 34.7 Å². The van der Waals surface area contributed by atoms with Crippen molar-refractivity contribution in [3.8, 4) is 10.7 Å². The van der Waals surface area contributed by atoms with E-state index in [-0.39, 0.29) is 0 Å². The SMILES string of the molecule is c1csc(-c2nc3c(c(C4CC4)n2)CNC3)c1. The van der Waals surface area contributed by atoms with Gasteiger partial charge in [-0.05, 0) is 24.3 Å². The Kier molecular flexibility index (Phi) is 2.07. The van der Waals surface area contributed by atoms with E-state index < -0.39 is 0 Å². The molecule has 4 rings (SSSR count). The Hall–Kier alpha value is -1.26. The van der Waals surface area contributed by atoms with Crippen LogP contribution in [0.1, 0.15) is 35.7 Å². The van der Waals surface area contributed by atoms with Crippen LogP contribution in [0.3, 0.4) is 0 Å². The summed E-state index contributed by atoms with van der Waals surface area (Å²) in [6.07, 6.45) is 2.60. The first-order chi connectivity index (χ1) is 8.42. The predicted octanol–water partition coefficient (Wildman–Crippen LogP) is 2.69. The van der Waals surface area contributed by atoms with E-state index in [4.69, 9.17) is 9.97 Å². The van der Waals surface area contributed by atoms with Crippen LogP contribution in [0, 0.1) is 0 Å². The molecule has 1 aliphatic carbocycles. The van der Waals surface area contributed by atoms with Gasteiger partial charge in [-0.15, -0.1) is 11.3 Å². The van der Waals surface area contributed by atoms with Crippen molar-refractivity contribution in [3.05, 3.63) is 34.5 Å². The summed E-state index contributed by atoms with van der Waals surface area (Å²) in [6, 6.07) is 4.16. The fraction of sp³-hybridized carbons (Fsp3) is 0.385. The Morgan fingerprint density at radius 1 is 1.24 bits per heavy atom. The van der Waals surface area contributed by atoms with E-state index in [9.17, 15) is 0 Å². The van der Waals surface area contributed by atoms with Gasteiger partial charge in [0.2, 0.25) is 0 Å². The summed E-state index contributed by atoms with van der Waals surface area (Å²) < 4.78 is 0. The van der Waals surface area contributed by atoms with Crippen molar-refractivity contribution in [2.45, 2.75) is 31.8 Å². The number of nitrogens with zero attached hydrogens (tertiary/aromatic N) is 2. The van der Waals surface area contributed by atoms with Gasteiger partial charge in [-0.2, -0.15) is 0 Å². The molecule has 2 aromatic heterocycles. The Labute approximate surface area is 104 Å². The summed E-state index contributed by atoms with van der Waals surface area (Å²) in [4.78, 5) is 10.7. The monoisotopic (exact) mass is 243 g/mol. The van der Waals surface area contributed by atoms with Crippen LogP contribution in [-0.4, -0.2) is 9.97 Å². The van der Waals surface area contributed by atoms with E-state index >= 15 is 0 Å². The van der Waals surface area contributed by atoms with Gasteiger partial charge >= 0.3 is 0 Å². The highest BCUT2D eigenvalue weighted by Gasteiger charge is 2.31. The van der Waals surface area contributed by atoms with Crippen molar-refractivity contribution < 1.29 is 0 Å². The molecule has 3 heterocycles. The number of nitrogens with one attached hydrogen (secondary N) is 1. The van der Waals surface area contributed by atoms with Gasteiger partial charge in [-0.1, -0.05) is 6.07 Å². The van der Waals surface area contributed by atoms with E-state index in [1.54, 1.807) is 11.3 Å². The van der Waals surface area contributed by atoms with Crippen molar-refractivity contribution >= 4 is 11.3 Å². The van der Waals surface area contributed by atoms with E-state index in [0.717, 1.165) is 18.9 Å². The van der Waals surface area contributed by atoms with Crippen LogP contribution >= 0.6 is 11.3 Å². The second-order valence-electron chi connectivity index (χ2n) is 4.71. The molecule has 0 aromatic carbocycles. The van der Waals surface area contributed by atoms with Gasteiger partial charge in [-0.3, -0.25) is 0 Å². The van der Waals surface area contributed by atoms with Crippen LogP contribution in [0.15, 0.2) is 17.5 Å². The molecule has 2 aromatic rings. The molecule has 0 saturated heterocycles. The molecular weight excluding hydrogens is 230 g/mol. The van der Waals surface area contributed by atoms with Gasteiger partial charge in [0.15, 0.2) is 5.82 Å². The van der Waals surface area contributed by atoms with Crippen LogP contribution in [0.2, 0.25) is 0 Å². The maximum atomic E-state index is 4.81. The zero-order chi connectivity index (χ0) is 11.2. The van der Waals surface area contributed by atoms with E-state index in [0.29, 0.717) is 5.92 Å². The third kappa shape index (κ3) is 1.59. The number of fused-ring (bicyclic) bond motifs is 1. The van der Waals surface area contributed by atoms with Gasteiger partial charge in [0.1, 0.15) is 0 Å². The highest BCUT2D eigenvalue weighted by Crippen LogP contribution is 2.42. The molecular formula is C13H13N3S. The third-order valence-electron chi connectivity index (χ3n) is 3.42. The van der Waals surface area contributed by atoms with Gasteiger partial charge < -0.3 is 5.32 Å². The number of aromatic nitrogens is 2. The standard InChI is InChI=1S/C13H13N3S/c1-2-11(17-5-1)13-15-10-7-14-6-9(10)12(16-13)8-3-4-8/h1-2,5,8,14H,3-4,6-7H2. The van der Waals surface area contributed by atoms with Crippen LogP contribution < -0.4 is 5.32 Å². The third-order valence-corrected chi connectivity index (χ3v) is 4.29. The van der Waals surface area contributed by atoms with E-state index in [1.807, 2.05) is 0 Å². The van der Waals surface area contributed by atoms with Gasteiger partial charge in [-0.25, -0.2) is 9.97 Å². The maximum absolute atomic E-state index is 4.81. The van der Waals surface area contributed by atoms with Crippen molar-refractivity contribution in [2.75, 3.05) is 0 Å². The molecule has 1 fully saturated rings. The van der Waals surface area contributed by atoms with Crippen molar-refractivity contribution in [1.82, 2.24) is 15.3 Å². The van der Waals surface area contributed by atoms with E-state index in [2.05, 4.69) is 22.8 Å². The first-order valence-electron chi connectivity index (χ1n) is 6.06. The number of hydrogen-bond acceptors (Lipinski definition) is 4. The number of rotatable bonds is 2. The Bertz CT molecular complexity index is 558. The molecule has 2 aliphatic rings. The lowest BCUT2D eigenvalue weighted by molar-refractivity contribution is 0.755. The second kappa shape index (κ2) is 3.62. The normalized spacial score (nSPS) is 18.4. The predicted molar refractivity (Wildman–Crippen MR) is 67.9 cm³/mol. The fourth-order valence-electron chi connectivity index (χ4n) is 2.40. The summed E-state index contributed by atoms with van der Waals surface area (Å²) in [5, 5.41) is 5.47. The molecule has 0 atom stereocenters. The molecule has 4 heteroatoms. The lowest BCUT2D eigenvalue weighted by Crippen LogP contribution is -2.02. The number of hydrogen-bond donors (Lipinski definition) is 1. The Morgan fingerprint density at radius 2 is 2.18 bits per heavy atom. The minimum absolute atomic E-state index is 0.699. The molecule has 1 saturated carbocycles. The van der Waals surface area contributed by atoms with Gasteiger partial charge in [0, 0.05) is 24.6 Å². The Balaban J connectivity index is 1.89. The van der Waals surface area contributed by atoms with Crippen LogP contribution in [0.25, 0.3) is 10.7 Å². The molecule has 1 N–H and O–H groups in total. The minimum atomic E-state index is 0.699. The van der Waals surface area contributed by atoms with Gasteiger partial charge in [0.25, 0.3) is 0 Å². The molecule has 0 spiro atoms. The molecule has 17 heavy (non-hydrogen) atoms. The zero-order valence-corrected chi connectivity index (χ0v) is 10.3. The smallest absolute Gasteiger partial charge is 0.169 e. The lowest BCUT2D eigenvalue weighted by Gasteiger charge is -2.07. The molecule has 1 aliphatic heterocycles. The largest absolute Gasteiger partial charge is 0.307 e. The summed E-state index contributed by atoms with van der Waals surface area (Å²) in [6.45, 7) is 1.85. The zero-order valence-electron chi connectivity index (χ0n) is 9.44. The molecule has 0 unspecified atom stereocenters. The van der Waals surface area contributed by atoms with Crippen LogP contribution in [-0.2, 0) is 13.1 Å². The topological polar surface area (TPSA) is 37.8 Å². The van der Waals surface area contributed by atoms with Gasteiger partial charge in [0.05, 0.1) is 16.3 Å². The molecule has 86 valence electrons. The highest BCUT2D eigenvalue weighted by molar-refractivity contribution is 7.13. The average Bonchev–Trinajstić information content (AvgIpc) is 2.88. The highest BCUT2D eigenvalue weighted by atomic mass is 32.1. The summed E-state index contributed by atoms with van der Waals surface area (Å²) in [5.74, 6) is 1.62. The maximum Gasteiger partial charge on any atom is 0.169 e. The van der Waals surface area contributed by atoms with Crippen LogP contribution in [0.4, 0.5) is 0 Å². The summed E-state index contributed by atoms with van der Waals surface area (Å²) in [5.41, 5.74) is 3.89. The first kappa shape index (κ1) is 9.74. The molecule has 0 amide bonds. The quantitative estimate of drug-likeness (QED) is 0.881. The molecule has 0 bridgehead atoms. The lowest BCUT2D eigenvalue weighted by atomic mass is 10.1. The van der Waals surface area contributed by atoms with Crippen molar-refractivity contribution in [1.29, 1.82) is 0 Å². The fourth-order valence-corrected chi connectivity index (χ4v) is 3.06. The summed E-state index contributed by atoms with van der Waals surface area (Å²) >= 11 is 1.72. The second-order valence-corrected chi connectivity index (χ2v) is 5.66. The number of thiophene rings is 1. The first-order valence-corrected chi connectivity index (χ1v) is 6.94. The average molecular weight is 243 g/mol. The summed E-state index contributed by atoms with van der Waals surface area (Å²) in [7, 11) is 0. The molecule has 0 radical (unpaired) electrons.